The summed E-state index contributed by atoms with van der Waals surface area (Å²) in [7, 11) is 0. The fourth-order valence-corrected chi connectivity index (χ4v) is 2.24. The van der Waals surface area contributed by atoms with Crippen LogP contribution < -0.4 is 10.6 Å². The van der Waals surface area contributed by atoms with Crippen LogP contribution in [0.1, 0.15) is 38.3 Å². The normalized spacial score (nSPS) is 20.6. The SMILES string of the molecule is Cc1ccc(C(C)(C)C)cc1NC1CCNC1. The van der Waals surface area contributed by atoms with E-state index in [1.807, 2.05) is 0 Å². The Morgan fingerprint density at radius 2 is 2.06 bits per heavy atom. The number of aryl methyl sites for hydroxylation is 1. The molecule has 0 aliphatic carbocycles. The van der Waals surface area contributed by atoms with Gasteiger partial charge in [-0.3, -0.25) is 0 Å². The van der Waals surface area contributed by atoms with Crippen LogP contribution in [0.2, 0.25) is 0 Å². The van der Waals surface area contributed by atoms with Crippen LogP contribution in [0.5, 0.6) is 0 Å². The van der Waals surface area contributed by atoms with Crippen LogP contribution in [-0.4, -0.2) is 19.1 Å². The molecule has 2 rings (SSSR count). The van der Waals surface area contributed by atoms with Crippen molar-refractivity contribution < 1.29 is 0 Å². The van der Waals surface area contributed by atoms with Crippen LogP contribution in [-0.2, 0) is 5.41 Å². The van der Waals surface area contributed by atoms with Gasteiger partial charge in [0.25, 0.3) is 0 Å². The molecule has 0 radical (unpaired) electrons. The highest BCUT2D eigenvalue weighted by Crippen LogP contribution is 2.27. The third-order valence-corrected chi connectivity index (χ3v) is 3.52. The van der Waals surface area contributed by atoms with Gasteiger partial charge >= 0.3 is 0 Å². The minimum Gasteiger partial charge on any atom is -0.381 e. The largest absolute Gasteiger partial charge is 0.381 e. The quantitative estimate of drug-likeness (QED) is 0.819. The molecule has 2 N–H and O–H groups in total. The second-order valence-corrected chi connectivity index (χ2v) is 6.11. The van der Waals surface area contributed by atoms with Crippen molar-refractivity contribution in [1.29, 1.82) is 0 Å². The van der Waals surface area contributed by atoms with Crippen molar-refractivity contribution in [3.05, 3.63) is 29.3 Å². The van der Waals surface area contributed by atoms with Gasteiger partial charge in [0.1, 0.15) is 0 Å². The molecule has 0 saturated carbocycles. The second kappa shape index (κ2) is 4.69. The number of benzene rings is 1. The zero-order valence-corrected chi connectivity index (χ0v) is 11.4. The standard InChI is InChI=1S/C15H24N2/c1-11-5-6-12(15(2,3)4)9-14(11)17-13-7-8-16-10-13/h5-6,9,13,16-17H,7-8,10H2,1-4H3. The summed E-state index contributed by atoms with van der Waals surface area (Å²) < 4.78 is 0. The van der Waals surface area contributed by atoms with E-state index in [1.54, 1.807) is 0 Å². The Balaban J connectivity index is 2.20. The molecule has 1 saturated heterocycles. The lowest BCUT2D eigenvalue weighted by atomic mass is 9.86. The molecule has 17 heavy (non-hydrogen) atoms. The van der Waals surface area contributed by atoms with Crippen molar-refractivity contribution in [2.75, 3.05) is 18.4 Å². The van der Waals surface area contributed by atoms with Gasteiger partial charge in [-0.15, -0.1) is 0 Å². The Morgan fingerprint density at radius 3 is 2.65 bits per heavy atom. The molecule has 1 aliphatic rings. The van der Waals surface area contributed by atoms with Gasteiger partial charge in [0.05, 0.1) is 0 Å². The minimum atomic E-state index is 0.220. The number of anilines is 1. The highest BCUT2D eigenvalue weighted by Gasteiger charge is 2.17. The third-order valence-electron chi connectivity index (χ3n) is 3.52. The Hall–Kier alpha value is -1.02. The molecule has 1 aliphatic heterocycles. The lowest BCUT2D eigenvalue weighted by molar-refractivity contribution is 0.590. The maximum atomic E-state index is 3.66. The molecule has 2 heteroatoms. The maximum absolute atomic E-state index is 3.66. The van der Waals surface area contributed by atoms with Gasteiger partial charge in [0, 0.05) is 18.3 Å². The van der Waals surface area contributed by atoms with Crippen molar-refractivity contribution in [1.82, 2.24) is 5.32 Å². The molecule has 0 amide bonds. The Bertz CT molecular complexity index is 384. The highest BCUT2D eigenvalue weighted by molar-refractivity contribution is 5.54. The molecule has 1 unspecified atom stereocenters. The van der Waals surface area contributed by atoms with E-state index >= 15 is 0 Å². The number of hydrogen-bond acceptors (Lipinski definition) is 2. The molecule has 0 spiro atoms. The summed E-state index contributed by atoms with van der Waals surface area (Å²) in [5.74, 6) is 0. The van der Waals surface area contributed by atoms with E-state index in [0.717, 1.165) is 13.1 Å². The first-order chi connectivity index (χ1) is 7.97. The molecular weight excluding hydrogens is 208 g/mol. The summed E-state index contributed by atoms with van der Waals surface area (Å²) in [6.07, 6.45) is 1.22. The smallest absolute Gasteiger partial charge is 0.0398 e. The molecule has 1 fully saturated rings. The van der Waals surface area contributed by atoms with E-state index in [1.165, 1.54) is 23.2 Å². The minimum absolute atomic E-state index is 0.220. The Labute approximate surface area is 105 Å². The maximum Gasteiger partial charge on any atom is 0.0398 e. The molecule has 0 aromatic heterocycles. The van der Waals surface area contributed by atoms with Crippen LogP contribution >= 0.6 is 0 Å². The van der Waals surface area contributed by atoms with Gasteiger partial charge in [0.2, 0.25) is 0 Å². The van der Waals surface area contributed by atoms with Crippen LogP contribution in [0.25, 0.3) is 0 Å². The lowest BCUT2D eigenvalue weighted by Crippen LogP contribution is -2.23. The first-order valence-electron chi connectivity index (χ1n) is 6.55. The van der Waals surface area contributed by atoms with Gasteiger partial charge < -0.3 is 10.6 Å². The Kier molecular flexibility index (Phi) is 3.43. The molecule has 94 valence electrons. The molecular formula is C15H24N2. The first kappa shape index (κ1) is 12.4. The average molecular weight is 232 g/mol. The van der Waals surface area contributed by atoms with Crippen LogP contribution in [0.3, 0.4) is 0 Å². The Morgan fingerprint density at radius 1 is 1.29 bits per heavy atom. The van der Waals surface area contributed by atoms with E-state index in [0.29, 0.717) is 6.04 Å². The van der Waals surface area contributed by atoms with Crippen molar-refractivity contribution in [3.8, 4) is 0 Å². The zero-order valence-electron chi connectivity index (χ0n) is 11.4. The van der Waals surface area contributed by atoms with Crippen LogP contribution in [0, 0.1) is 6.92 Å². The summed E-state index contributed by atoms with van der Waals surface area (Å²) in [6.45, 7) is 11.2. The average Bonchev–Trinajstić information content (AvgIpc) is 2.72. The first-order valence-corrected chi connectivity index (χ1v) is 6.55. The van der Waals surface area contributed by atoms with Crippen LogP contribution in [0.4, 0.5) is 5.69 Å². The summed E-state index contributed by atoms with van der Waals surface area (Å²) in [6, 6.07) is 7.37. The van der Waals surface area contributed by atoms with Crippen LogP contribution in [0.15, 0.2) is 18.2 Å². The van der Waals surface area contributed by atoms with Gasteiger partial charge in [-0.05, 0) is 42.5 Å². The predicted molar refractivity (Wildman–Crippen MR) is 74.8 cm³/mol. The van der Waals surface area contributed by atoms with Gasteiger partial charge in [-0.25, -0.2) is 0 Å². The van der Waals surface area contributed by atoms with Crippen molar-refractivity contribution in [2.24, 2.45) is 0 Å². The molecule has 1 heterocycles. The second-order valence-electron chi connectivity index (χ2n) is 6.11. The number of hydrogen-bond donors (Lipinski definition) is 2. The summed E-state index contributed by atoms with van der Waals surface area (Å²) in [4.78, 5) is 0. The van der Waals surface area contributed by atoms with E-state index in [4.69, 9.17) is 0 Å². The van der Waals surface area contributed by atoms with E-state index < -0.39 is 0 Å². The van der Waals surface area contributed by atoms with Gasteiger partial charge in [-0.1, -0.05) is 32.9 Å². The molecule has 2 nitrogen and oxygen atoms in total. The summed E-state index contributed by atoms with van der Waals surface area (Å²) >= 11 is 0. The number of nitrogens with one attached hydrogen (secondary N) is 2. The monoisotopic (exact) mass is 232 g/mol. The van der Waals surface area contributed by atoms with Gasteiger partial charge in [0.15, 0.2) is 0 Å². The topological polar surface area (TPSA) is 24.1 Å². The summed E-state index contributed by atoms with van der Waals surface area (Å²) in [5, 5.41) is 7.05. The molecule has 1 atom stereocenters. The predicted octanol–water partition coefficient (Wildman–Crippen LogP) is 3.07. The fraction of sp³-hybridized carbons (Fsp3) is 0.600. The molecule has 1 aromatic carbocycles. The third kappa shape index (κ3) is 3.01. The van der Waals surface area contributed by atoms with Gasteiger partial charge in [-0.2, -0.15) is 0 Å². The van der Waals surface area contributed by atoms with E-state index in [9.17, 15) is 0 Å². The fourth-order valence-electron chi connectivity index (χ4n) is 2.24. The lowest BCUT2D eigenvalue weighted by Gasteiger charge is -2.22. The van der Waals surface area contributed by atoms with E-state index in [2.05, 4.69) is 56.5 Å². The summed E-state index contributed by atoms with van der Waals surface area (Å²) in [5.41, 5.74) is 4.26. The van der Waals surface area contributed by atoms with E-state index in [-0.39, 0.29) is 5.41 Å². The number of rotatable bonds is 2. The zero-order chi connectivity index (χ0) is 12.5. The highest BCUT2D eigenvalue weighted by atomic mass is 15.0. The molecule has 0 bridgehead atoms. The van der Waals surface area contributed by atoms with Crippen molar-refractivity contribution in [2.45, 2.75) is 45.6 Å². The van der Waals surface area contributed by atoms with Crippen molar-refractivity contribution >= 4 is 5.69 Å². The van der Waals surface area contributed by atoms with Crippen molar-refractivity contribution in [3.63, 3.8) is 0 Å². The molecule has 1 aromatic rings.